The number of hydrogen-bond donors (Lipinski definition) is 1. The molecular formula is C19H26N2O2. The van der Waals surface area contributed by atoms with E-state index in [1.165, 1.54) is 11.3 Å². The van der Waals surface area contributed by atoms with Gasteiger partial charge in [-0.25, -0.2) is 0 Å². The highest BCUT2D eigenvalue weighted by atomic mass is 16.5. The smallest absolute Gasteiger partial charge is 0.123 e. The Balaban J connectivity index is 2.09. The molecule has 0 radical (unpaired) electrons. The van der Waals surface area contributed by atoms with E-state index in [2.05, 4.69) is 40.1 Å². The average Bonchev–Trinajstić information content (AvgIpc) is 2.56. The molecule has 2 aromatic carbocycles. The third kappa shape index (κ3) is 4.98. The number of para-hydroxylation sites is 1. The Morgan fingerprint density at radius 3 is 2.26 bits per heavy atom. The van der Waals surface area contributed by atoms with E-state index in [-0.39, 0.29) is 6.61 Å². The number of benzene rings is 2. The van der Waals surface area contributed by atoms with Crippen LogP contribution < -0.4 is 9.64 Å². The first kappa shape index (κ1) is 17.3. The number of methoxy groups -OCH3 is 1. The van der Waals surface area contributed by atoms with Crippen molar-refractivity contribution in [3.05, 3.63) is 59.7 Å². The minimum Gasteiger partial charge on any atom is -0.496 e. The first-order chi connectivity index (χ1) is 11.1. The van der Waals surface area contributed by atoms with E-state index in [0.29, 0.717) is 6.54 Å². The molecule has 0 aliphatic carbocycles. The van der Waals surface area contributed by atoms with Gasteiger partial charge in [0, 0.05) is 45.0 Å². The minimum absolute atomic E-state index is 0.144. The Morgan fingerprint density at radius 1 is 0.957 bits per heavy atom. The first-order valence-electron chi connectivity index (χ1n) is 7.85. The number of hydrogen-bond acceptors (Lipinski definition) is 4. The zero-order valence-electron chi connectivity index (χ0n) is 14.2. The summed E-state index contributed by atoms with van der Waals surface area (Å²) in [4.78, 5) is 4.31. The minimum atomic E-state index is 0.144. The number of ether oxygens (including phenoxy) is 1. The van der Waals surface area contributed by atoms with Crippen molar-refractivity contribution in [2.75, 3.05) is 39.3 Å². The Bertz CT molecular complexity index is 597. The average molecular weight is 314 g/mol. The van der Waals surface area contributed by atoms with Crippen LogP contribution in [-0.4, -0.2) is 44.4 Å². The summed E-state index contributed by atoms with van der Waals surface area (Å²) in [5.74, 6) is 0.887. The van der Waals surface area contributed by atoms with Gasteiger partial charge >= 0.3 is 0 Å². The first-order valence-corrected chi connectivity index (χ1v) is 7.85. The van der Waals surface area contributed by atoms with Crippen molar-refractivity contribution in [1.29, 1.82) is 0 Å². The lowest BCUT2D eigenvalue weighted by molar-refractivity contribution is 0.183. The van der Waals surface area contributed by atoms with E-state index in [4.69, 9.17) is 4.74 Å². The fourth-order valence-electron chi connectivity index (χ4n) is 2.59. The molecule has 124 valence electrons. The monoisotopic (exact) mass is 314 g/mol. The summed E-state index contributed by atoms with van der Waals surface area (Å²) in [6, 6.07) is 16.5. The predicted molar refractivity (Wildman–Crippen MR) is 95.0 cm³/mol. The summed E-state index contributed by atoms with van der Waals surface area (Å²) < 4.78 is 5.42. The zero-order valence-corrected chi connectivity index (χ0v) is 14.2. The third-order valence-electron chi connectivity index (χ3n) is 3.86. The molecule has 0 fully saturated rings. The summed E-state index contributed by atoms with van der Waals surface area (Å²) in [5, 5.41) is 9.36. The van der Waals surface area contributed by atoms with Crippen molar-refractivity contribution in [2.24, 2.45) is 0 Å². The molecular weight excluding hydrogens is 288 g/mol. The van der Waals surface area contributed by atoms with Gasteiger partial charge in [-0.3, -0.25) is 4.90 Å². The van der Waals surface area contributed by atoms with Crippen LogP contribution in [0.2, 0.25) is 0 Å². The fraction of sp³-hybridized carbons (Fsp3) is 0.368. The highest BCUT2D eigenvalue weighted by Crippen LogP contribution is 2.21. The maximum atomic E-state index is 9.36. The van der Waals surface area contributed by atoms with Crippen molar-refractivity contribution < 1.29 is 9.84 Å². The predicted octanol–water partition coefficient (Wildman–Crippen LogP) is 2.76. The maximum absolute atomic E-state index is 9.36. The van der Waals surface area contributed by atoms with E-state index in [1.807, 2.05) is 32.3 Å². The Labute approximate surface area is 138 Å². The van der Waals surface area contributed by atoms with Gasteiger partial charge in [0.2, 0.25) is 0 Å². The Hall–Kier alpha value is -2.04. The molecule has 0 spiro atoms. The SMILES string of the molecule is COc1ccccc1CN(CCO)Cc1ccc(N(C)C)cc1. The molecule has 0 unspecified atom stereocenters. The number of aliphatic hydroxyl groups excluding tert-OH is 1. The van der Waals surface area contributed by atoms with Gasteiger partial charge in [0.15, 0.2) is 0 Å². The molecule has 0 saturated heterocycles. The van der Waals surface area contributed by atoms with Crippen LogP contribution in [0.3, 0.4) is 0 Å². The molecule has 0 aliphatic heterocycles. The van der Waals surface area contributed by atoms with Crippen LogP contribution in [0.1, 0.15) is 11.1 Å². The van der Waals surface area contributed by atoms with Crippen LogP contribution in [0.4, 0.5) is 5.69 Å². The largest absolute Gasteiger partial charge is 0.496 e. The van der Waals surface area contributed by atoms with Crippen molar-refractivity contribution in [2.45, 2.75) is 13.1 Å². The highest BCUT2D eigenvalue weighted by molar-refractivity contribution is 5.46. The number of rotatable bonds is 8. The third-order valence-corrected chi connectivity index (χ3v) is 3.86. The normalized spacial score (nSPS) is 10.8. The van der Waals surface area contributed by atoms with Gasteiger partial charge in [-0.2, -0.15) is 0 Å². The lowest BCUT2D eigenvalue weighted by Gasteiger charge is -2.23. The lowest BCUT2D eigenvalue weighted by atomic mass is 10.1. The van der Waals surface area contributed by atoms with Gasteiger partial charge in [0.25, 0.3) is 0 Å². The van der Waals surface area contributed by atoms with E-state index >= 15 is 0 Å². The highest BCUT2D eigenvalue weighted by Gasteiger charge is 2.10. The molecule has 0 amide bonds. The van der Waals surface area contributed by atoms with Crippen molar-refractivity contribution in [3.63, 3.8) is 0 Å². The standard InChI is InChI=1S/C19H26N2O2/c1-20(2)18-10-8-16(9-11-18)14-21(12-13-22)15-17-6-4-5-7-19(17)23-3/h4-11,22H,12-15H2,1-3H3. The van der Waals surface area contributed by atoms with Crippen molar-refractivity contribution in [3.8, 4) is 5.75 Å². The quantitative estimate of drug-likeness (QED) is 0.813. The van der Waals surface area contributed by atoms with Gasteiger partial charge < -0.3 is 14.7 Å². The number of anilines is 1. The second-order valence-corrected chi connectivity index (χ2v) is 5.81. The lowest BCUT2D eigenvalue weighted by Crippen LogP contribution is -2.26. The van der Waals surface area contributed by atoms with Crippen molar-refractivity contribution >= 4 is 5.69 Å². The Morgan fingerprint density at radius 2 is 1.65 bits per heavy atom. The molecule has 23 heavy (non-hydrogen) atoms. The van der Waals surface area contributed by atoms with Gasteiger partial charge in [0.1, 0.15) is 5.75 Å². The van der Waals surface area contributed by atoms with Crippen LogP contribution in [-0.2, 0) is 13.1 Å². The van der Waals surface area contributed by atoms with Crippen LogP contribution in [0.5, 0.6) is 5.75 Å². The molecule has 0 heterocycles. The number of nitrogens with zero attached hydrogens (tertiary/aromatic N) is 2. The molecule has 2 aromatic rings. The molecule has 4 nitrogen and oxygen atoms in total. The van der Waals surface area contributed by atoms with E-state index < -0.39 is 0 Å². The molecule has 0 saturated carbocycles. The van der Waals surface area contributed by atoms with E-state index in [9.17, 15) is 5.11 Å². The second-order valence-electron chi connectivity index (χ2n) is 5.81. The van der Waals surface area contributed by atoms with E-state index in [1.54, 1.807) is 7.11 Å². The van der Waals surface area contributed by atoms with Gasteiger partial charge in [-0.15, -0.1) is 0 Å². The summed E-state index contributed by atoms with van der Waals surface area (Å²) in [5.41, 5.74) is 3.56. The summed E-state index contributed by atoms with van der Waals surface area (Å²) in [7, 11) is 5.76. The molecule has 0 aliphatic rings. The molecule has 1 N–H and O–H groups in total. The van der Waals surface area contributed by atoms with Crippen LogP contribution in [0, 0.1) is 0 Å². The molecule has 0 bridgehead atoms. The zero-order chi connectivity index (χ0) is 16.7. The maximum Gasteiger partial charge on any atom is 0.123 e. The van der Waals surface area contributed by atoms with E-state index in [0.717, 1.165) is 24.4 Å². The molecule has 0 atom stereocenters. The molecule has 0 aromatic heterocycles. The fourth-order valence-corrected chi connectivity index (χ4v) is 2.59. The topological polar surface area (TPSA) is 35.9 Å². The second kappa shape index (κ2) is 8.56. The summed E-state index contributed by atoms with van der Waals surface area (Å²) >= 11 is 0. The summed E-state index contributed by atoms with van der Waals surface area (Å²) in [6.07, 6.45) is 0. The molecule has 4 heteroatoms. The Kier molecular flexibility index (Phi) is 6.44. The van der Waals surface area contributed by atoms with Gasteiger partial charge in [0.05, 0.1) is 13.7 Å². The van der Waals surface area contributed by atoms with Crippen LogP contribution in [0.25, 0.3) is 0 Å². The van der Waals surface area contributed by atoms with Crippen LogP contribution in [0.15, 0.2) is 48.5 Å². The number of aliphatic hydroxyl groups is 1. The van der Waals surface area contributed by atoms with Crippen LogP contribution >= 0.6 is 0 Å². The molecule has 2 rings (SSSR count). The summed E-state index contributed by atoms with van der Waals surface area (Å²) in [6.45, 7) is 2.32. The van der Waals surface area contributed by atoms with Crippen molar-refractivity contribution in [1.82, 2.24) is 4.90 Å². The van der Waals surface area contributed by atoms with Gasteiger partial charge in [-0.1, -0.05) is 30.3 Å². The van der Waals surface area contributed by atoms with Gasteiger partial charge in [-0.05, 0) is 23.8 Å².